The SMILES string of the molecule is COC(=O)c1ccccc1NC(=O)NCCN1CCCC1=O. The average molecular weight is 305 g/mol. The van der Waals surface area contributed by atoms with Crippen molar-refractivity contribution in [2.75, 3.05) is 32.1 Å². The first kappa shape index (κ1) is 15.8. The van der Waals surface area contributed by atoms with Gasteiger partial charge in [0.05, 0.1) is 18.4 Å². The summed E-state index contributed by atoms with van der Waals surface area (Å²) in [4.78, 5) is 36.6. The number of carbonyl (C=O) groups is 3. The molecule has 3 amide bonds. The van der Waals surface area contributed by atoms with Crippen LogP contribution in [0.1, 0.15) is 23.2 Å². The summed E-state index contributed by atoms with van der Waals surface area (Å²) >= 11 is 0. The van der Waals surface area contributed by atoms with Crippen LogP contribution in [0.4, 0.5) is 10.5 Å². The number of benzene rings is 1. The van der Waals surface area contributed by atoms with Crippen molar-refractivity contribution >= 4 is 23.6 Å². The summed E-state index contributed by atoms with van der Waals surface area (Å²) in [6, 6.07) is 6.17. The predicted molar refractivity (Wildman–Crippen MR) is 80.6 cm³/mol. The van der Waals surface area contributed by atoms with E-state index in [9.17, 15) is 14.4 Å². The third-order valence-corrected chi connectivity index (χ3v) is 3.42. The van der Waals surface area contributed by atoms with E-state index in [-0.39, 0.29) is 11.5 Å². The first-order valence-corrected chi connectivity index (χ1v) is 7.12. The lowest BCUT2D eigenvalue weighted by Crippen LogP contribution is -2.37. The van der Waals surface area contributed by atoms with E-state index in [1.165, 1.54) is 7.11 Å². The molecule has 1 saturated heterocycles. The number of amides is 3. The average Bonchev–Trinajstić information content (AvgIpc) is 2.92. The quantitative estimate of drug-likeness (QED) is 0.801. The molecular formula is C15H19N3O4. The van der Waals surface area contributed by atoms with Gasteiger partial charge in [-0.3, -0.25) is 4.79 Å². The number of ether oxygens (including phenoxy) is 1. The fourth-order valence-corrected chi connectivity index (χ4v) is 2.29. The molecule has 1 fully saturated rings. The van der Waals surface area contributed by atoms with Crippen LogP contribution in [0.5, 0.6) is 0 Å². The van der Waals surface area contributed by atoms with E-state index < -0.39 is 12.0 Å². The van der Waals surface area contributed by atoms with Crippen LogP contribution in [0, 0.1) is 0 Å². The van der Waals surface area contributed by atoms with Gasteiger partial charge in [0.15, 0.2) is 0 Å². The molecule has 0 saturated carbocycles. The molecule has 118 valence electrons. The Morgan fingerprint density at radius 2 is 2.09 bits per heavy atom. The Hall–Kier alpha value is -2.57. The highest BCUT2D eigenvalue weighted by Gasteiger charge is 2.19. The Kier molecular flexibility index (Phi) is 5.35. The van der Waals surface area contributed by atoms with Crippen LogP contribution < -0.4 is 10.6 Å². The van der Waals surface area contributed by atoms with Crippen LogP contribution in [-0.4, -0.2) is 49.6 Å². The van der Waals surface area contributed by atoms with E-state index in [0.29, 0.717) is 25.2 Å². The minimum atomic E-state index is -0.515. The number of esters is 1. The van der Waals surface area contributed by atoms with Gasteiger partial charge >= 0.3 is 12.0 Å². The predicted octanol–water partition coefficient (Wildman–Crippen LogP) is 1.22. The van der Waals surface area contributed by atoms with Gasteiger partial charge in [0.25, 0.3) is 0 Å². The third-order valence-electron chi connectivity index (χ3n) is 3.42. The van der Waals surface area contributed by atoms with Crippen molar-refractivity contribution in [1.82, 2.24) is 10.2 Å². The van der Waals surface area contributed by atoms with Gasteiger partial charge in [0, 0.05) is 26.1 Å². The van der Waals surface area contributed by atoms with Crippen molar-refractivity contribution in [3.05, 3.63) is 29.8 Å². The highest BCUT2D eigenvalue weighted by molar-refractivity contribution is 6.00. The number of likely N-dealkylation sites (tertiary alicyclic amines) is 1. The molecule has 0 unspecified atom stereocenters. The van der Waals surface area contributed by atoms with Crippen molar-refractivity contribution in [3.63, 3.8) is 0 Å². The molecular weight excluding hydrogens is 286 g/mol. The van der Waals surface area contributed by atoms with Crippen molar-refractivity contribution in [1.29, 1.82) is 0 Å². The standard InChI is InChI=1S/C15H19N3O4/c1-22-14(20)11-5-2-3-6-12(11)17-15(21)16-8-10-18-9-4-7-13(18)19/h2-3,5-6H,4,7-10H2,1H3,(H2,16,17,21). The first-order chi connectivity index (χ1) is 10.6. The Bertz CT molecular complexity index is 574. The van der Waals surface area contributed by atoms with Crippen LogP contribution in [0.15, 0.2) is 24.3 Å². The molecule has 2 N–H and O–H groups in total. The molecule has 0 radical (unpaired) electrons. The number of rotatable bonds is 5. The molecule has 1 aromatic carbocycles. The van der Waals surface area contributed by atoms with E-state index in [1.54, 1.807) is 29.2 Å². The second kappa shape index (κ2) is 7.44. The van der Waals surface area contributed by atoms with Crippen LogP contribution in [-0.2, 0) is 9.53 Å². The highest BCUT2D eigenvalue weighted by atomic mass is 16.5. The zero-order valence-electron chi connectivity index (χ0n) is 12.4. The molecule has 0 spiro atoms. The number of para-hydroxylation sites is 1. The number of urea groups is 1. The maximum atomic E-state index is 11.9. The van der Waals surface area contributed by atoms with Crippen LogP contribution in [0.3, 0.4) is 0 Å². The van der Waals surface area contributed by atoms with Gasteiger partial charge in [0.2, 0.25) is 5.91 Å². The largest absolute Gasteiger partial charge is 0.465 e. The summed E-state index contributed by atoms with van der Waals surface area (Å²) in [5.41, 5.74) is 0.666. The monoisotopic (exact) mass is 305 g/mol. The summed E-state index contributed by atoms with van der Waals surface area (Å²) in [6.07, 6.45) is 1.45. The first-order valence-electron chi connectivity index (χ1n) is 7.12. The van der Waals surface area contributed by atoms with E-state index in [4.69, 9.17) is 0 Å². The molecule has 7 nitrogen and oxygen atoms in total. The van der Waals surface area contributed by atoms with Gasteiger partial charge in [0.1, 0.15) is 0 Å². The molecule has 0 atom stereocenters. The third kappa shape index (κ3) is 3.97. The molecule has 7 heteroatoms. The number of anilines is 1. The second-order valence-corrected chi connectivity index (χ2v) is 4.90. The Balaban J connectivity index is 1.84. The van der Waals surface area contributed by atoms with Crippen molar-refractivity contribution in [3.8, 4) is 0 Å². The molecule has 1 aliphatic heterocycles. The van der Waals surface area contributed by atoms with Gasteiger partial charge in [-0.25, -0.2) is 9.59 Å². The summed E-state index contributed by atoms with van der Waals surface area (Å²) in [5, 5.41) is 5.27. The van der Waals surface area contributed by atoms with E-state index in [0.717, 1.165) is 13.0 Å². The van der Waals surface area contributed by atoms with Crippen molar-refractivity contribution in [2.24, 2.45) is 0 Å². The summed E-state index contributed by atoms with van der Waals surface area (Å²) in [5.74, 6) is -0.392. The second-order valence-electron chi connectivity index (χ2n) is 4.90. The van der Waals surface area contributed by atoms with Gasteiger partial charge in [-0.1, -0.05) is 12.1 Å². The van der Waals surface area contributed by atoms with E-state index >= 15 is 0 Å². The number of carbonyl (C=O) groups excluding carboxylic acids is 3. The topological polar surface area (TPSA) is 87.7 Å². The molecule has 1 aliphatic rings. The van der Waals surface area contributed by atoms with E-state index in [1.807, 2.05) is 0 Å². The summed E-state index contributed by atoms with van der Waals surface area (Å²) in [7, 11) is 1.28. The number of hydrogen-bond donors (Lipinski definition) is 2. The van der Waals surface area contributed by atoms with Crippen LogP contribution in [0.25, 0.3) is 0 Å². The Morgan fingerprint density at radius 3 is 2.77 bits per heavy atom. The molecule has 2 rings (SSSR count). The molecule has 22 heavy (non-hydrogen) atoms. The fourth-order valence-electron chi connectivity index (χ4n) is 2.29. The molecule has 1 heterocycles. The van der Waals surface area contributed by atoms with Gasteiger partial charge in [-0.15, -0.1) is 0 Å². The van der Waals surface area contributed by atoms with Gasteiger partial charge in [-0.05, 0) is 18.6 Å². The van der Waals surface area contributed by atoms with Gasteiger partial charge in [-0.2, -0.15) is 0 Å². The maximum absolute atomic E-state index is 11.9. The molecule has 1 aromatic rings. The van der Waals surface area contributed by atoms with Gasteiger partial charge < -0.3 is 20.3 Å². The maximum Gasteiger partial charge on any atom is 0.339 e. The lowest BCUT2D eigenvalue weighted by Gasteiger charge is -2.16. The zero-order valence-corrected chi connectivity index (χ0v) is 12.4. The minimum absolute atomic E-state index is 0.123. The highest BCUT2D eigenvalue weighted by Crippen LogP contribution is 2.15. The molecule has 0 aliphatic carbocycles. The fraction of sp³-hybridized carbons (Fsp3) is 0.400. The van der Waals surface area contributed by atoms with Crippen molar-refractivity contribution in [2.45, 2.75) is 12.8 Å². The van der Waals surface area contributed by atoms with Crippen molar-refractivity contribution < 1.29 is 19.1 Å². The van der Waals surface area contributed by atoms with Crippen LogP contribution >= 0.6 is 0 Å². The smallest absolute Gasteiger partial charge is 0.339 e. The normalized spacial score (nSPS) is 13.9. The zero-order chi connectivity index (χ0) is 15.9. The number of hydrogen-bond acceptors (Lipinski definition) is 4. The summed E-state index contributed by atoms with van der Waals surface area (Å²) < 4.78 is 4.66. The number of nitrogens with one attached hydrogen (secondary N) is 2. The summed E-state index contributed by atoms with van der Waals surface area (Å²) in [6.45, 7) is 1.59. The Labute approximate surface area is 128 Å². The lowest BCUT2D eigenvalue weighted by atomic mass is 10.2. The molecule has 0 aromatic heterocycles. The lowest BCUT2D eigenvalue weighted by molar-refractivity contribution is -0.127. The van der Waals surface area contributed by atoms with Crippen LogP contribution in [0.2, 0.25) is 0 Å². The Morgan fingerprint density at radius 1 is 1.32 bits per heavy atom. The number of nitrogens with zero attached hydrogens (tertiary/aromatic N) is 1. The molecule has 0 bridgehead atoms. The number of methoxy groups -OCH3 is 1. The van der Waals surface area contributed by atoms with E-state index in [2.05, 4.69) is 15.4 Å². The minimum Gasteiger partial charge on any atom is -0.465 e.